The van der Waals surface area contributed by atoms with Crippen LogP contribution < -0.4 is 10.6 Å². The van der Waals surface area contributed by atoms with Crippen LogP contribution in [-0.2, 0) is 19.2 Å². The Kier molecular flexibility index (Phi) is 7.12. The van der Waals surface area contributed by atoms with Crippen LogP contribution in [0.1, 0.15) is 59.3 Å². The Bertz CT molecular complexity index is 942. The van der Waals surface area contributed by atoms with Gasteiger partial charge < -0.3 is 20.4 Å². The van der Waals surface area contributed by atoms with Gasteiger partial charge in [-0.2, -0.15) is 18.4 Å². The van der Waals surface area contributed by atoms with E-state index >= 15 is 0 Å². The minimum atomic E-state index is -5.15. The van der Waals surface area contributed by atoms with Gasteiger partial charge in [0.05, 0.1) is 11.5 Å². The number of halogens is 3. The molecule has 1 aliphatic carbocycles. The number of nitrogens with zero attached hydrogens (tertiary/aromatic N) is 3. The van der Waals surface area contributed by atoms with Crippen LogP contribution in [0.5, 0.6) is 0 Å². The summed E-state index contributed by atoms with van der Waals surface area (Å²) in [6.45, 7) is 4.81. The monoisotopic (exact) mass is 499 g/mol. The molecular formula is C23H32F3N5O4. The second-order valence-corrected chi connectivity index (χ2v) is 10.6. The van der Waals surface area contributed by atoms with Crippen LogP contribution in [0.2, 0.25) is 0 Å². The van der Waals surface area contributed by atoms with E-state index in [0.717, 1.165) is 31.1 Å². The zero-order valence-corrected chi connectivity index (χ0v) is 20.4. The number of carbonyl (C=O) groups is 4. The van der Waals surface area contributed by atoms with E-state index in [1.807, 2.05) is 13.8 Å². The van der Waals surface area contributed by atoms with Gasteiger partial charge in [-0.15, -0.1) is 0 Å². The first kappa shape index (κ1) is 26.8. The average molecular weight is 500 g/mol. The molecule has 2 aliphatic heterocycles. The summed E-state index contributed by atoms with van der Waals surface area (Å²) < 4.78 is 37.8. The molecule has 0 aromatic carbocycles. The molecule has 4 atom stereocenters. The van der Waals surface area contributed by atoms with E-state index in [-0.39, 0.29) is 36.8 Å². The number of nitriles is 1. The zero-order valence-electron chi connectivity index (χ0n) is 20.4. The van der Waals surface area contributed by atoms with Gasteiger partial charge in [-0.1, -0.05) is 13.8 Å². The van der Waals surface area contributed by atoms with Gasteiger partial charge in [0.2, 0.25) is 17.7 Å². The minimum absolute atomic E-state index is 0.0446. The van der Waals surface area contributed by atoms with Crippen molar-refractivity contribution in [1.29, 1.82) is 5.26 Å². The molecule has 9 nitrogen and oxygen atoms in total. The van der Waals surface area contributed by atoms with Crippen LogP contribution in [0.15, 0.2) is 0 Å². The highest BCUT2D eigenvalue weighted by Crippen LogP contribution is 2.50. The van der Waals surface area contributed by atoms with E-state index in [0.29, 0.717) is 6.42 Å². The van der Waals surface area contributed by atoms with Crippen molar-refractivity contribution in [3.8, 4) is 6.07 Å². The van der Waals surface area contributed by atoms with Gasteiger partial charge in [0.15, 0.2) is 0 Å². The molecule has 35 heavy (non-hydrogen) atoms. The summed E-state index contributed by atoms with van der Waals surface area (Å²) in [6.07, 6.45) is -1.58. The van der Waals surface area contributed by atoms with Crippen LogP contribution in [0, 0.1) is 22.7 Å². The topological polar surface area (TPSA) is 123 Å². The fraction of sp³-hybridized carbons (Fsp3) is 0.783. The van der Waals surface area contributed by atoms with Crippen LogP contribution in [-0.4, -0.2) is 76.9 Å². The molecule has 2 heterocycles. The molecule has 12 heteroatoms. The molecule has 0 unspecified atom stereocenters. The second-order valence-electron chi connectivity index (χ2n) is 10.6. The smallest absolute Gasteiger partial charge is 0.350 e. The summed E-state index contributed by atoms with van der Waals surface area (Å²) in [5.74, 6) is -3.88. The summed E-state index contributed by atoms with van der Waals surface area (Å²) in [6, 6.07) is -1.34. The quantitative estimate of drug-likeness (QED) is 0.573. The van der Waals surface area contributed by atoms with E-state index in [9.17, 15) is 37.6 Å². The van der Waals surface area contributed by atoms with Gasteiger partial charge in [-0.3, -0.25) is 19.2 Å². The highest BCUT2D eigenvalue weighted by Gasteiger charge is 2.59. The predicted molar refractivity (Wildman–Crippen MR) is 117 cm³/mol. The molecule has 3 fully saturated rings. The molecule has 0 aromatic rings. The third kappa shape index (κ3) is 5.38. The van der Waals surface area contributed by atoms with Crippen LogP contribution >= 0.6 is 0 Å². The molecule has 194 valence electrons. The molecule has 0 radical (unpaired) electrons. The number of hydrogen-bond donors (Lipinski definition) is 2. The summed E-state index contributed by atoms with van der Waals surface area (Å²) >= 11 is 0. The molecule has 1 saturated carbocycles. The van der Waals surface area contributed by atoms with Gasteiger partial charge in [-0.05, 0) is 51.4 Å². The summed E-state index contributed by atoms with van der Waals surface area (Å²) in [4.78, 5) is 53.2. The Morgan fingerprint density at radius 3 is 2.31 bits per heavy atom. The Labute approximate surface area is 202 Å². The molecule has 3 aliphatic rings. The number of likely N-dealkylation sites (tertiary alicyclic amines) is 1. The summed E-state index contributed by atoms with van der Waals surface area (Å²) in [5, 5.41) is 14.5. The Morgan fingerprint density at radius 2 is 1.83 bits per heavy atom. The van der Waals surface area contributed by atoms with Crippen molar-refractivity contribution >= 4 is 23.6 Å². The van der Waals surface area contributed by atoms with E-state index in [1.165, 1.54) is 11.9 Å². The fourth-order valence-electron chi connectivity index (χ4n) is 5.09. The molecule has 2 saturated heterocycles. The predicted octanol–water partition coefficient (Wildman–Crippen LogP) is 1.48. The lowest BCUT2D eigenvalue weighted by atomic mass is 9.75. The van der Waals surface area contributed by atoms with Crippen molar-refractivity contribution in [2.45, 2.75) is 89.1 Å². The molecule has 3 rings (SSSR count). The number of nitrogens with one attached hydrogen (secondary N) is 2. The van der Waals surface area contributed by atoms with E-state index in [4.69, 9.17) is 0 Å². The van der Waals surface area contributed by atoms with Crippen molar-refractivity contribution < 1.29 is 32.3 Å². The second kappa shape index (κ2) is 9.32. The Morgan fingerprint density at radius 1 is 1.23 bits per heavy atom. The number of piperidine rings is 1. The minimum Gasteiger partial charge on any atom is -0.350 e. The zero-order chi connectivity index (χ0) is 26.3. The van der Waals surface area contributed by atoms with Gasteiger partial charge in [0.1, 0.15) is 18.1 Å². The Balaban J connectivity index is 1.78. The first-order valence-electron chi connectivity index (χ1n) is 11.8. The lowest BCUT2D eigenvalue weighted by Gasteiger charge is -2.38. The maximum absolute atomic E-state index is 13.7. The van der Waals surface area contributed by atoms with Crippen molar-refractivity contribution in [2.75, 3.05) is 13.6 Å². The third-order valence-electron chi connectivity index (χ3n) is 7.43. The number of amides is 4. The summed E-state index contributed by atoms with van der Waals surface area (Å²) in [5.41, 5.74) is -1.02. The first-order chi connectivity index (χ1) is 16.1. The van der Waals surface area contributed by atoms with E-state index < -0.39 is 47.4 Å². The molecule has 2 N–H and O–H groups in total. The fourth-order valence-corrected chi connectivity index (χ4v) is 5.09. The standard InChI is InChI=1S/C23H32F3N5O4/c1-13(2)9-16(30(4)17(32)14(3)28-20(35)23(24,25)26)18(33)31-12-21(10-15(31)11-27)5-6-22(7-8-22)29-19(21)34/h13-16H,5-10,12H2,1-4H3,(H,28,35)(H,29,34)/t14-,15-,16-,21-/m0/s1. The first-order valence-corrected chi connectivity index (χ1v) is 11.8. The maximum Gasteiger partial charge on any atom is 0.471 e. The molecule has 2 spiro atoms. The maximum atomic E-state index is 13.7. The van der Waals surface area contributed by atoms with Crippen molar-refractivity contribution in [1.82, 2.24) is 20.4 Å². The number of rotatable bonds is 6. The van der Waals surface area contributed by atoms with Crippen LogP contribution in [0.25, 0.3) is 0 Å². The largest absolute Gasteiger partial charge is 0.471 e. The van der Waals surface area contributed by atoms with E-state index in [2.05, 4.69) is 11.4 Å². The molecule has 4 amide bonds. The highest BCUT2D eigenvalue weighted by molar-refractivity contribution is 5.94. The normalized spacial score (nSPS) is 26.8. The van der Waals surface area contributed by atoms with Gasteiger partial charge in [0, 0.05) is 19.1 Å². The molecular weight excluding hydrogens is 467 g/mol. The van der Waals surface area contributed by atoms with Crippen LogP contribution in [0.4, 0.5) is 13.2 Å². The van der Waals surface area contributed by atoms with Gasteiger partial charge in [-0.25, -0.2) is 0 Å². The van der Waals surface area contributed by atoms with Crippen LogP contribution in [0.3, 0.4) is 0 Å². The van der Waals surface area contributed by atoms with Crippen molar-refractivity contribution in [2.24, 2.45) is 11.3 Å². The van der Waals surface area contributed by atoms with E-state index in [1.54, 1.807) is 5.32 Å². The average Bonchev–Trinajstić information content (AvgIpc) is 3.42. The number of carbonyl (C=O) groups excluding carboxylic acids is 4. The van der Waals surface area contributed by atoms with Crippen molar-refractivity contribution in [3.05, 3.63) is 0 Å². The van der Waals surface area contributed by atoms with Gasteiger partial charge in [0.25, 0.3) is 0 Å². The lowest BCUT2D eigenvalue weighted by Crippen LogP contribution is -2.57. The lowest BCUT2D eigenvalue weighted by molar-refractivity contribution is -0.175. The SMILES string of the molecule is CC(C)C[C@@H](C(=O)N1C[C@]2(CCC3(CC3)NC2=O)C[C@H]1C#N)N(C)C(=O)[C@H](C)NC(=O)C(F)(F)F. The van der Waals surface area contributed by atoms with Crippen molar-refractivity contribution in [3.63, 3.8) is 0 Å². The highest BCUT2D eigenvalue weighted by atomic mass is 19.4. The molecule has 0 bridgehead atoms. The number of alkyl halides is 3. The third-order valence-corrected chi connectivity index (χ3v) is 7.43. The number of hydrogen-bond acceptors (Lipinski definition) is 5. The molecule has 0 aromatic heterocycles. The van der Waals surface area contributed by atoms with Gasteiger partial charge >= 0.3 is 12.1 Å². The number of likely N-dealkylation sites (N-methyl/N-ethyl adjacent to an activating group) is 1. The Hall–Kier alpha value is -2.84. The summed E-state index contributed by atoms with van der Waals surface area (Å²) in [7, 11) is 1.29.